The van der Waals surface area contributed by atoms with Crippen LogP contribution in [0.15, 0.2) is 18.5 Å². The van der Waals surface area contributed by atoms with Crippen molar-refractivity contribution in [3.63, 3.8) is 0 Å². The third-order valence-corrected chi connectivity index (χ3v) is 3.82. The van der Waals surface area contributed by atoms with Crippen LogP contribution in [-0.2, 0) is 6.42 Å². The molecule has 3 nitrogen and oxygen atoms in total. The highest BCUT2D eigenvalue weighted by atomic mass is 32.1. The summed E-state index contributed by atoms with van der Waals surface area (Å²) in [4.78, 5) is 11.4. The van der Waals surface area contributed by atoms with Crippen molar-refractivity contribution < 1.29 is 0 Å². The zero-order valence-corrected chi connectivity index (χ0v) is 12.0. The van der Waals surface area contributed by atoms with Gasteiger partial charge in [0.15, 0.2) is 0 Å². The standard InChI is InChI=1S/C14H19N3S/c1-4-8-15-14-11(5-2)13(16-9-17-14)12-7-6-10(3)18-12/h6-7,9H,4-5,8H2,1-3H3,(H,15,16,17). The van der Waals surface area contributed by atoms with Crippen molar-refractivity contribution in [1.29, 1.82) is 0 Å². The Labute approximate surface area is 112 Å². The monoisotopic (exact) mass is 261 g/mol. The second-order valence-electron chi connectivity index (χ2n) is 4.24. The number of aromatic nitrogens is 2. The first-order valence-electron chi connectivity index (χ1n) is 6.40. The molecular weight excluding hydrogens is 242 g/mol. The third-order valence-electron chi connectivity index (χ3n) is 2.82. The molecule has 2 rings (SSSR count). The van der Waals surface area contributed by atoms with Gasteiger partial charge in [0.25, 0.3) is 0 Å². The Morgan fingerprint density at radius 2 is 2.06 bits per heavy atom. The predicted octanol–water partition coefficient (Wildman–Crippen LogP) is 3.90. The first kappa shape index (κ1) is 13.0. The van der Waals surface area contributed by atoms with E-state index in [9.17, 15) is 0 Å². The SMILES string of the molecule is CCCNc1ncnc(-c2ccc(C)s2)c1CC. The Morgan fingerprint density at radius 3 is 2.67 bits per heavy atom. The van der Waals surface area contributed by atoms with Crippen LogP contribution in [0.5, 0.6) is 0 Å². The first-order valence-corrected chi connectivity index (χ1v) is 7.22. The van der Waals surface area contributed by atoms with Crippen LogP contribution in [0.2, 0.25) is 0 Å². The largest absolute Gasteiger partial charge is 0.370 e. The van der Waals surface area contributed by atoms with E-state index in [1.54, 1.807) is 17.7 Å². The van der Waals surface area contributed by atoms with Gasteiger partial charge in [0, 0.05) is 17.0 Å². The lowest BCUT2D eigenvalue weighted by molar-refractivity contribution is 0.950. The molecule has 0 saturated carbocycles. The Balaban J connectivity index is 2.41. The van der Waals surface area contributed by atoms with E-state index < -0.39 is 0 Å². The molecule has 96 valence electrons. The molecule has 4 heteroatoms. The van der Waals surface area contributed by atoms with Gasteiger partial charge in [-0.25, -0.2) is 9.97 Å². The van der Waals surface area contributed by atoms with E-state index in [-0.39, 0.29) is 0 Å². The summed E-state index contributed by atoms with van der Waals surface area (Å²) in [5.41, 5.74) is 2.29. The first-order chi connectivity index (χ1) is 8.76. The van der Waals surface area contributed by atoms with Gasteiger partial charge in [-0.1, -0.05) is 13.8 Å². The maximum atomic E-state index is 4.46. The molecule has 0 unspecified atom stereocenters. The third kappa shape index (κ3) is 2.70. The van der Waals surface area contributed by atoms with E-state index in [1.165, 1.54) is 15.3 Å². The van der Waals surface area contributed by atoms with Crippen LogP contribution in [0, 0.1) is 6.92 Å². The van der Waals surface area contributed by atoms with Gasteiger partial charge in [0.1, 0.15) is 12.1 Å². The average molecular weight is 261 g/mol. The molecule has 0 atom stereocenters. The fraction of sp³-hybridized carbons (Fsp3) is 0.429. The maximum Gasteiger partial charge on any atom is 0.133 e. The van der Waals surface area contributed by atoms with Crippen molar-refractivity contribution in [2.45, 2.75) is 33.6 Å². The van der Waals surface area contributed by atoms with Crippen molar-refractivity contribution in [1.82, 2.24) is 9.97 Å². The molecule has 0 aliphatic heterocycles. The molecule has 2 aromatic rings. The van der Waals surface area contributed by atoms with Crippen molar-refractivity contribution in [3.8, 4) is 10.6 Å². The van der Waals surface area contributed by atoms with Gasteiger partial charge >= 0.3 is 0 Å². The molecule has 0 aliphatic rings. The molecule has 1 N–H and O–H groups in total. The Bertz CT molecular complexity index is 520. The van der Waals surface area contributed by atoms with Gasteiger partial charge in [0.05, 0.1) is 10.6 Å². The highest BCUT2D eigenvalue weighted by molar-refractivity contribution is 7.15. The molecule has 0 radical (unpaired) electrons. The number of anilines is 1. The summed E-state index contributed by atoms with van der Waals surface area (Å²) in [6.07, 6.45) is 3.70. The normalized spacial score (nSPS) is 10.6. The second kappa shape index (κ2) is 5.96. The number of hydrogen-bond acceptors (Lipinski definition) is 4. The Kier molecular flexibility index (Phi) is 4.31. The molecule has 0 aromatic carbocycles. The average Bonchev–Trinajstić information content (AvgIpc) is 2.82. The number of aryl methyl sites for hydroxylation is 1. The minimum absolute atomic E-state index is 0.944. The van der Waals surface area contributed by atoms with Crippen molar-refractivity contribution in [2.24, 2.45) is 0 Å². The lowest BCUT2D eigenvalue weighted by Crippen LogP contribution is -2.06. The summed E-state index contributed by atoms with van der Waals surface area (Å²) in [5, 5.41) is 3.38. The zero-order chi connectivity index (χ0) is 13.0. The molecule has 0 aliphatic carbocycles. The van der Waals surface area contributed by atoms with Crippen molar-refractivity contribution >= 4 is 17.2 Å². The number of rotatable bonds is 5. The van der Waals surface area contributed by atoms with Crippen LogP contribution in [0.3, 0.4) is 0 Å². The molecule has 0 saturated heterocycles. The van der Waals surface area contributed by atoms with Crippen LogP contribution in [0.25, 0.3) is 10.6 Å². The van der Waals surface area contributed by atoms with E-state index in [4.69, 9.17) is 0 Å². The summed E-state index contributed by atoms with van der Waals surface area (Å²) < 4.78 is 0. The topological polar surface area (TPSA) is 37.8 Å². The minimum Gasteiger partial charge on any atom is -0.370 e. The number of hydrogen-bond donors (Lipinski definition) is 1. The van der Waals surface area contributed by atoms with E-state index in [2.05, 4.69) is 48.2 Å². The summed E-state index contributed by atoms with van der Waals surface area (Å²) in [6, 6.07) is 4.28. The van der Waals surface area contributed by atoms with Gasteiger partial charge in [-0.2, -0.15) is 0 Å². The van der Waals surface area contributed by atoms with Crippen molar-refractivity contribution in [2.75, 3.05) is 11.9 Å². The smallest absolute Gasteiger partial charge is 0.133 e. The van der Waals surface area contributed by atoms with Crippen LogP contribution in [0.4, 0.5) is 5.82 Å². The van der Waals surface area contributed by atoms with Gasteiger partial charge in [-0.15, -0.1) is 11.3 Å². The van der Waals surface area contributed by atoms with Gasteiger partial charge in [-0.3, -0.25) is 0 Å². The Morgan fingerprint density at radius 1 is 1.22 bits per heavy atom. The molecule has 18 heavy (non-hydrogen) atoms. The minimum atomic E-state index is 0.944. The Hall–Kier alpha value is -1.42. The van der Waals surface area contributed by atoms with Crippen LogP contribution < -0.4 is 5.32 Å². The van der Waals surface area contributed by atoms with E-state index >= 15 is 0 Å². The summed E-state index contributed by atoms with van der Waals surface area (Å²) in [7, 11) is 0. The van der Waals surface area contributed by atoms with E-state index in [0.29, 0.717) is 0 Å². The van der Waals surface area contributed by atoms with Crippen LogP contribution >= 0.6 is 11.3 Å². The highest BCUT2D eigenvalue weighted by Gasteiger charge is 2.12. The molecule has 0 amide bonds. The molecule has 0 spiro atoms. The predicted molar refractivity (Wildman–Crippen MR) is 78.2 cm³/mol. The molecule has 2 heterocycles. The molecule has 2 aromatic heterocycles. The van der Waals surface area contributed by atoms with Crippen LogP contribution in [0.1, 0.15) is 30.7 Å². The second-order valence-corrected chi connectivity index (χ2v) is 5.53. The van der Waals surface area contributed by atoms with Crippen LogP contribution in [-0.4, -0.2) is 16.5 Å². The lowest BCUT2D eigenvalue weighted by Gasteiger charge is -2.11. The van der Waals surface area contributed by atoms with Gasteiger partial charge in [0.2, 0.25) is 0 Å². The summed E-state index contributed by atoms with van der Waals surface area (Å²) >= 11 is 1.78. The number of nitrogens with one attached hydrogen (secondary N) is 1. The van der Waals surface area contributed by atoms with Gasteiger partial charge < -0.3 is 5.32 Å². The zero-order valence-electron chi connectivity index (χ0n) is 11.2. The number of nitrogens with zero attached hydrogens (tertiary/aromatic N) is 2. The highest BCUT2D eigenvalue weighted by Crippen LogP contribution is 2.31. The molecule has 0 bridgehead atoms. The fourth-order valence-corrected chi connectivity index (χ4v) is 2.81. The summed E-state index contributed by atoms with van der Waals surface area (Å²) in [5.74, 6) is 0.982. The summed E-state index contributed by atoms with van der Waals surface area (Å²) in [6.45, 7) is 7.38. The molecular formula is C14H19N3S. The van der Waals surface area contributed by atoms with E-state index in [0.717, 1.165) is 30.9 Å². The maximum absolute atomic E-state index is 4.46. The number of thiophene rings is 1. The van der Waals surface area contributed by atoms with Crippen molar-refractivity contribution in [3.05, 3.63) is 28.9 Å². The lowest BCUT2D eigenvalue weighted by atomic mass is 10.1. The fourth-order valence-electron chi connectivity index (χ4n) is 1.92. The van der Waals surface area contributed by atoms with E-state index in [1.807, 2.05) is 0 Å². The quantitative estimate of drug-likeness (QED) is 0.887. The molecule has 0 fully saturated rings. The van der Waals surface area contributed by atoms with Gasteiger partial charge in [-0.05, 0) is 31.9 Å².